The molecular weight excluding hydrogens is 212 g/mol. The molecule has 0 aromatic carbocycles. The van der Waals surface area contributed by atoms with Crippen molar-refractivity contribution in [2.75, 3.05) is 13.2 Å². The molecule has 1 aromatic rings. The van der Waals surface area contributed by atoms with E-state index >= 15 is 0 Å². The summed E-state index contributed by atoms with van der Waals surface area (Å²) in [6.45, 7) is 7.37. The molecule has 0 unspecified atom stereocenters. The van der Waals surface area contributed by atoms with E-state index in [9.17, 15) is 0 Å². The number of rotatable bonds is 5. The van der Waals surface area contributed by atoms with Crippen molar-refractivity contribution in [2.45, 2.75) is 33.6 Å². The predicted octanol–water partition coefficient (Wildman–Crippen LogP) is 2.58. The molecule has 0 saturated carbocycles. The fourth-order valence-electron chi connectivity index (χ4n) is 1.44. The van der Waals surface area contributed by atoms with Crippen LogP contribution in [0.4, 0.5) is 0 Å². The highest BCUT2D eigenvalue weighted by Gasteiger charge is 2.07. The Balaban J connectivity index is 2.75. The van der Waals surface area contributed by atoms with Gasteiger partial charge >= 0.3 is 0 Å². The van der Waals surface area contributed by atoms with Gasteiger partial charge < -0.3 is 4.74 Å². The molecule has 1 rings (SSSR count). The van der Waals surface area contributed by atoms with Crippen LogP contribution in [-0.2, 0) is 17.6 Å². The second kappa shape index (κ2) is 6.03. The third-order valence-corrected chi connectivity index (χ3v) is 2.55. The summed E-state index contributed by atoms with van der Waals surface area (Å²) in [5.74, 6) is 0.767. The minimum Gasteiger partial charge on any atom is -0.381 e. The topological polar surface area (TPSA) is 35.0 Å². The Morgan fingerprint density at radius 2 is 2.00 bits per heavy atom. The number of halogens is 1. The van der Waals surface area contributed by atoms with Crippen LogP contribution in [0.2, 0.25) is 5.15 Å². The maximum Gasteiger partial charge on any atom is 0.136 e. The third kappa shape index (κ3) is 3.43. The van der Waals surface area contributed by atoms with Crippen molar-refractivity contribution >= 4 is 11.6 Å². The molecule has 0 bridgehead atoms. The molecule has 0 aliphatic carbocycles. The van der Waals surface area contributed by atoms with E-state index in [1.165, 1.54) is 0 Å². The van der Waals surface area contributed by atoms with Crippen molar-refractivity contribution in [3.63, 3.8) is 0 Å². The molecule has 0 radical (unpaired) electrons. The molecule has 0 saturated heterocycles. The lowest BCUT2D eigenvalue weighted by molar-refractivity contribution is 0.149. The van der Waals surface area contributed by atoms with E-state index in [0.717, 1.165) is 36.5 Å². The molecule has 0 aliphatic rings. The molecule has 0 spiro atoms. The van der Waals surface area contributed by atoms with Crippen LogP contribution in [0.5, 0.6) is 0 Å². The van der Waals surface area contributed by atoms with E-state index in [1.807, 2.05) is 13.8 Å². The molecule has 3 nitrogen and oxygen atoms in total. The lowest BCUT2D eigenvalue weighted by atomic mass is 10.2. The summed E-state index contributed by atoms with van der Waals surface area (Å²) in [7, 11) is 0. The van der Waals surface area contributed by atoms with E-state index in [0.29, 0.717) is 11.8 Å². The van der Waals surface area contributed by atoms with E-state index in [4.69, 9.17) is 16.3 Å². The lowest BCUT2D eigenvalue weighted by Gasteiger charge is -2.07. The molecule has 0 N–H and O–H groups in total. The monoisotopic (exact) mass is 228 g/mol. The van der Waals surface area contributed by atoms with Gasteiger partial charge in [0.15, 0.2) is 0 Å². The molecular formula is C11H17ClN2O. The third-order valence-electron chi connectivity index (χ3n) is 2.24. The van der Waals surface area contributed by atoms with Gasteiger partial charge in [-0.1, -0.05) is 18.5 Å². The highest BCUT2D eigenvalue weighted by Crippen LogP contribution is 2.16. The van der Waals surface area contributed by atoms with Gasteiger partial charge in [0.25, 0.3) is 0 Å². The minimum atomic E-state index is 0.580. The van der Waals surface area contributed by atoms with Gasteiger partial charge in [0.05, 0.1) is 6.61 Å². The maximum absolute atomic E-state index is 6.06. The number of aromatic nitrogens is 2. The Bertz CT molecular complexity index is 305. The van der Waals surface area contributed by atoms with Crippen LogP contribution in [0.25, 0.3) is 0 Å². The summed E-state index contributed by atoms with van der Waals surface area (Å²) in [4.78, 5) is 8.65. The van der Waals surface area contributed by atoms with Crippen LogP contribution >= 0.6 is 11.6 Å². The summed E-state index contributed by atoms with van der Waals surface area (Å²) < 4.78 is 5.25. The Morgan fingerprint density at radius 1 is 1.27 bits per heavy atom. The number of aryl methyl sites for hydroxylation is 1. The zero-order chi connectivity index (χ0) is 11.3. The Hall–Kier alpha value is -0.670. The summed E-state index contributed by atoms with van der Waals surface area (Å²) in [6, 6.07) is 0. The quantitative estimate of drug-likeness (QED) is 0.574. The lowest BCUT2D eigenvalue weighted by Crippen LogP contribution is -2.06. The number of nitrogens with zero attached hydrogens (tertiary/aromatic N) is 2. The summed E-state index contributed by atoms with van der Waals surface area (Å²) in [5, 5.41) is 0.580. The highest BCUT2D eigenvalue weighted by molar-refractivity contribution is 6.30. The van der Waals surface area contributed by atoms with Crippen molar-refractivity contribution < 1.29 is 4.74 Å². The number of ether oxygens (including phenoxy) is 1. The number of hydrogen-bond donors (Lipinski definition) is 0. The predicted molar refractivity (Wildman–Crippen MR) is 61.4 cm³/mol. The first-order valence-electron chi connectivity index (χ1n) is 5.28. The average Bonchev–Trinajstić information content (AvgIpc) is 2.18. The molecule has 0 atom stereocenters. The van der Waals surface area contributed by atoms with Gasteiger partial charge in [-0.05, 0) is 20.3 Å². The fourth-order valence-corrected chi connectivity index (χ4v) is 1.81. The van der Waals surface area contributed by atoms with E-state index < -0.39 is 0 Å². The Labute approximate surface area is 95.8 Å². The molecule has 15 heavy (non-hydrogen) atoms. The van der Waals surface area contributed by atoms with Crippen LogP contribution in [0.1, 0.15) is 30.9 Å². The summed E-state index contributed by atoms with van der Waals surface area (Å²) >= 11 is 6.06. The normalized spacial score (nSPS) is 10.7. The summed E-state index contributed by atoms with van der Waals surface area (Å²) in [5.41, 5.74) is 2.01. The Kier molecular flexibility index (Phi) is 4.99. The molecule has 0 fully saturated rings. The van der Waals surface area contributed by atoms with Crippen molar-refractivity contribution in [3.8, 4) is 0 Å². The first-order chi connectivity index (χ1) is 7.19. The van der Waals surface area contributed by atoms with Gasteiger partial charge in [0.2, 0.25) is 0 Å². The first kappa shape index (κ1) is 12.4. The molecule has 1 aromatic heterocycles. The van der Waals surface area contributed by atoms with Crippen molar-refractivity contribution in [2.24, 2.45) is 0 Å². The van der Waals surface area contributed by atoms with Crippen molar-refractivity contribution in [1.29, 1.82) is 0 Å². The van der Waals surface area contributed by atoms with Crippen molar-refractivity contribution in [3.05, 3.63) is 22.2 Å². The average molecular weight is 229 g/mol. The van der Waals surface area contributed by atoms with Gasteiger partial charge in [-0.2, -0.15) is 0 Å². The SMILES string of the molecule is CCOCCc1nc(C)c(CC)c(Cl)n1. The molecule has 4 heteroatoms. The van der Waals surface area contributed by atoms with Gasteiger partial charge in [-0.25, -0.2) is 9.97 Å². The van der Waals surface area contributed by atoms with Gasteiger partial charge in [0.1, 0.15) is 11.0 Å². The second-order valence-electron chi connectivity index (χ2n) is 3.30. The zero-order valence-corrected chi connectivity index (χ0v) is 10.3. The fraction of sp³-hybridized carbons (Fsp3) is 0.636. The maximum atomic E-state index is 6.06. The van der Waals surface area contributed by atoms with Gasteiger partial charge in [-0.3, -0.25) is 0 Å². The van der Waals surface area contributed by atoms with E-state index in [1.54, 1.807) is 0 Å². The second-order valence-corrected chi connectivity index (χ2v) is 3.65. The smallest absolute Gasteiger partial charge is 0.136 e. The summed E-state index contributed by atoms with van der Waals surface area (Å²) in [6.07, 6.45) is 1.59. The first-order valence-corrected chi connectivity index (χ1v) is 5.66. The molecule has 0 aliphatic heterocycles. The molecule has 0 amide bonds. The Morgan fingerprint density at radius 3 is 2.53 bits per heavy atom. The van der Waals surface area contributed by atoms with Gasteiger partial charge in [0, 0.05) is 24.3 Å². The highest BCUT2D eigenvalue weighted by atomic mass is 35.5. The molecule has 84 valence electrons. The largest absolute Gasteiger partial charge is 0.381 e. The van der Waals surface area contributed by atoms with Crippen LogP contribution in [0.3, 0.4) is 0 Å². The van der Waals surface area contributed by atoms with Crippen LogP contribution in [0, 0.1) is 6.92 Å². The number of hydrogen-bond acceptors (Lipinski definition) is 3. The minimum absolute atomic E-state index is 0.580. The van der Waals surface area contributed by atoms with Crippen LogP contribution in [-0.4, -0.2) is 23.2 Å². The van der Waals surface area contributed by atoms with Crippen LogP contribution in [0.15, 0.2) is 0 Å². The van der Waals surface area contributed by atoms with Crippen LogP contribution < -0.4 is 0 Å². The van der Waals surface area contributed by atoms with E-state index in [2.05, 4.69) is 16.9 Å². The standard InChI is InChI=1S/C11H17ClN2O/c1-4-9-8(3)13-10(14-11(9)12)6-7-15-5-2/h4-7H2,1-3H3. The van der Waals surface area contributed by atoms with E-state index in [-0.39, 0.29) is 0 Å². The van der Waals surface area contributed by atoms with Crippen molar-refractivity contribution in [1.82, 2.24) is 9.97 Å². The molecule has 1 heterocycles. The van der Waals surface area contributed by atoms with Gasteiger partial charge in [-0.15, -0.1) is 0 Å². The zero-order valence-electron chi connectivity index (χ0n) is 9.51.